The monoisotopic (exact) mass is 243 g/mol. The molecule has 0 spiro atoms. The van der Waals surface area contributed by atoms with E-state index in [0.29, 0.717) is 5.41 Å². The van der Waals surface area contributed by atoms with Gasteiger partial charge in [-0.1, -0.05) is 13.8 Å². The Morgan fingerprint density at radius 1 is 1.47 bits per heavy atom. The second kappa shape index (κ2) is 5.36. The van der Waals surface area contributed by atoms with Gasteiger partial charge in [0.15, 0.2) is 0 Å². The average molecular weight is 243 g/mol. The molecule has 1 fully saturated rings. The predicted octanol–water partition coefficient (Wildman–Crippen LogP) is 2.03. The first-order valence-electron chi connectivity index (χ1n) is 6.33. The van der Waals surface area contributed by atoms with Gasteiger partial charge in [-0.05, 0) is 45.1 Å². The van der Waals surface area contributed by atoms with Gasteiger partial charge in [-0.15, -0.1) is 0 Å². The highest BCUT2D eigenvalue weighted by molar-refractivity contribution is 5.78. The lowest BCUT2D eigenvalue weighted by atomic mass is 9.76. The number of rotatable bonds is 5. The van der Waals surface area contributed by atoms with E-state index >= 15 is 0 Å². The summed E-state index contributed by atoms with van der Waals surface area (Å²) in [4.78, 5) is 11.1. The first kappa shape index (κ1) is 14.5. The van der Waals surface area contributed by atoms with Crippen LogP contribution in [0.15, 0.2) is 0 Å². The topological polar surface area (TPSA) is 58.6 Å². The molecule has 0 bridgehead atoms. The van der Waals surface area contributed by atoms with E-state index in [2.05, 4.69) is 19.2 Å². The molecule has 1 unspecified atom stereocenters. The summed E-state index contributed by atoms with van der Waals surface area (Å²) in [5.74, 6) is -0.865. The van der Waals surface area contributed by atoms with Gasteiger partial charge in [0.2, 0.25) is 0 Å². The van der Waals surface area contributed by atoms with Gasteiger partial charge >= 0.3 is 5.97 Å². The highest BCUT2D eigenvalue weighted by Gasteiger charge is 2.34. The van der Waals surface area contributed by atoms with Gasteiger partial charge in [-0.25, -0.2) is 0 Å². The third-order valence-corrected chi connectivity index (χ3v) is 3.92. The minimum Gasteiger partial charge on any atom is -0.480 e. The van der Waals surface area contributed by atoms with Crippen molar-refractivity contribution in [1.29, 1.82) is 0 Å². The first-order valence-corrected chi connectivity index (χ1v) is 6.33. The Bertz CT molecular complexity index is 268. The fraction of sp³-hybridized carbons (Fsp3) is 0.923. The number of aliphatic carboxylic acids is 1. The summed E-state index contributed by atoms with van der Waals surface area (Å²) in [5.41, 5.74) is -0.564. The number of hydrogen-bond donors (Lipinski definition) is 2. The fourth-order valence-corrected chi connectivity index (χ4v) is 2.06. The Kier molecular flexibility index (Phi) is 4.55. The van der Waals surface area contributed by atoms with E-state index in [0.717, 1.165) is 25.7 Å². The Morgan fingerprint density at radius 2 is 2.00 bits per heavy atom. The number of ether oxygens (including phenoxy) is 1. The molecule has 2 N–H and O–H groups in total. The predicted molar refractivity (Wildman–Crippen MR) is 67.1 cm³/mol. The lowest BCUT2D eigenvalue weighted by molar-refractivity contribution is -0.148. The van der Waals surface area contributed by atoms with Crippen LogP contribution in [0.4, 0.5) is 0 Å². The molecule has 4 heteroatoms. The van der Waals surface area contributed by atoms with Crippen molar-refractivity contribution < 1.29 is 14.6 Å². The molecule has 0 amide bonds. The second-order valence-electron chi connectivity index (χ2n) is 6.06. The van der Waals surface area contributed by atoms with Crippen LogP contribution >= 0.6 is 0 Å². The molecular weight excluding hydrogens is 218 g/mol. The number of likely N-dealkylation sites (N-methyl/N-ethyl adjacent to an activating group) is 1. The Hall–Kier alpha value is -0.610. The van der Waals surface area contributed by atoms with E-state index in [1.807, 2.05) is 0 Å². The Labute approximate surface area is 104 Å². The van der Waals surface area contributed by atoms with Crippen LogP contribution in [-0.4, -0.2) is 36.4 Å². The van der Waals surface area contributed by atoms with Crippen LogP contribution < -0.4 is 5.32 Å². The van der Waals surface area contributed by atoms with Crippen LogP contribution in [0.3, 0.4) is 0 Å². The molecule has 17 heavy (non-hydrogen) atoms. The molecule has 0 radical (unpaired) electrons. The summed E-state index contributed by atoms with van der Waals surface area (Å²) < 4.78 is 5.75. The molecule has 0 aromatic rings. The molecule has 1 aliphatic rings. The van der Waals surface area contributed by atoms with Crippen LogP contribution in [0.2, 0.25) is 0 Å². The van der Waals surface area contributed by atoms with Crippen molar-refractivity contribution in [2.24, 2.45) is 5.41 Å². The molecule has 100 valence electrons. The van der Waals surface area contributed by atoms with Crippen molar-refractivity contribution in [3.63, 3.8) is 0 Å². The molecule has 0 aromatic carbocycles. The molecule has 1 rings (SSSR count). The number of carboxylic acids is 1. The largest absolute Gasteiger partial charge is 0.480 e. The smallest absolute Gasteiger partial charge is 0.326 e. The molecule has 1 aliphatic carbocycles. The molecule has 0 aliphatic heterocycles. The van der Waals surface area contributed by atoms with E-state index in [9.17, 15) is 4.79 Å². The van der Waals surface area contributed by atoms with E-state index in [4.69, 9.17) is 9.84 Å². The summed E-state index contributed by atoms with van der Waals surface area (Å²) in [6, 6.07) is 0. The van der Waals surface area contributed by atoms with Crippen LogP contribution in [0.5, 0.6) is 0 Å². The summed E-state index contributed by atoms with van der Waals surface area (Å²) in [6.07, 6.45) is 4.59. The average Bonchev–Trinajstić information content (AvgIpc) is 2.27. The van der Waals surface area contributed by atoms with Gasteiger partial charge in [0.25, 0.3) is 0 Å². The standard InChI is InChI=1S/C13H25NO3/c1-12(2)7-5-10(6-8-12)17-9-13(3,14-4)11(15)16/h10,14H,5-9H2,1-4H3,(H,15,16). The Balaban J connectivity index is 2.39. The van der Waals surface area contributed by atoms with E-state index < -0.39 is 11.5 Å². The maximum absolute atomic E-state index is 11.1. The summed E-state index contributed by atoms with van der Waals surface area (Å²) >= 11 is 0. The minimum absolute atomic E-state index is 0.218. The normalized spacial score (nSPS) is 24.2. The van der Waals surface area contributed by atoms with Crippen LogP contribution in [0.1, 0.15) is 46.5 Å². The third kappa shape index (κ3) is 3.96. The van der Waals surface area contributed by atoms with Gasteiger partial charge in [0.05, 0.1) is 12.7 Å². The number of nitrogens with one attached hydrogen (secondary N) is 1. The summed E-state index contributed by atoms with van der Waals surface area (Å²) in [6.45, 7) is 6.43. The third-order valence-electron chi connectivity index (χ3n) is 3.92. The van der Waals surface area contributed by atoms with Crippen molar-refractivity contribution in [2.45, 2.75) is 58.1 Å². The number of hydrogen-bond acceptors (Lipinski definition) is 3. The van der Waals surface area contributed by atoms with Crippen molar-refractivity contribution in [3.05, 3.63) is 0 Å². The van der Waals surface area contributed by atoms with Gasteiger partial charge in [0.1, 0.15) is 5.54 Å². The zero-order valence-corrected chi connectivity index (χ0v) is 11.4. The Morgan fingerprint density at radius 3 is 2.41 bits per heavy atom. The van der Waals surface area contributed by atoms with Gasteiger partial charge in [-0.3, -0.25) is 4.79 Å². The lowest BCUT2D eigenvalue weighted by Gasteiger charge is -2.35. The highest BCUT2D eigenvalue weighted by Crippen LogP contribution is 2.36. The van der Waals surface area contributed by atoms with Crippen LogP contribution in [0.25, 0.3) is 0 Å². The molecule has 0 saturated heterocycles. The SMILES string of the molecule is CNC(C)(COC1CCC(C)(C)CC1)C(=O)O. The van der Waals surface area contributed by atoms with Gasteiger partial charge in [0, 0.05) is 0 Å². The van der Waals surface area contributed by atoms with Gasteiger partial charge < -0.3 is 15.2 Å². The van der Waals surface area contributed by atoms with Crippen LogP contribution in [-0.2, 0) is 9.53 Å². The van der Waals surface area contributed by atoms with E-state index in [-0.39, 0.29) is 12.7 Å². The fourth-order valence-electron chi connectivity index (χ4n) is 2.06. The maximum Gasteiger partial charge on any atom is 0.326 e. The highest BCUT2D eigenvalue weighted by atomic mass is 16.5. The molecule has 4 nitrogen and oxygen atoms in total. The minimum atomic E-state index is -0.979. The molecule has 0 heterocycles. The zero-order valence-electron chi connectivity index (χ0n) is 11.4. The molecule has 1 saturated carbocycles. The number of carboxylic acid groups (broad SMARTS) is 1. The van der Waals surface area contributed by atoms with E-state index in [1.165, 1.54) is 0 Å². The first-order chi connectivity index (χ1) is 7.79. The number of carbonyl (C=O) groups is 1. The molecule has 0 aromatic heterocycles. The molecule has 1 atom stereocenters. The molecular formula is C13H25NO3. The van der Waals surface area contributed by atoms with E-state index in [1.54, 1.807) is 14.0 Å². The maximum atomic E-state index is 11.1. The van der Waals surface area contributed by atoms with Crippen LogP contribution in [0, 0.1) is 5.41 Å². The second-order valence-corrected chi connectivity index (χ2v) is 6.06. The van der Waals surface area contributed by atoms with Crippen molar-refractivity contribution >= 4 is 5.97 Å². The van der Waals surface area contributed by atoms with Crippen molar-refractivity contribution in [2.75, 3.05) is 13.7 Å². The zero-order chi connectivity index (χ0) is 13.1. The van der Waals surface area contributed by atoms with Crippen molar-refractivity contribution in [3.8, 4) is 0 Å². The van der Waals surface area contributed by atoms with Crippen molar-refractivity contribution in [1.82, 2.24) is 5.32 Å². The quantitative estimate of drug-likeness (QED) is 0.775. The summed E-state index contributed by atoms with van der Waals surface area (Å²) in [5, 5.41) is 11.9. The lowest BCUT2D eigenvalue weighted by Crippen LogP contribution is -2.52. The summed E-state index contributed by atoms with van der Waals surface area (Å²) in [7, 11) is 1.65. The van der Waals surface area contributed by atoms with Gasteiger partial charge in [-0.2, -0.15) is 0 Å².